The Labute approximate surface area is 159 Å². The van der Waals surface area contributed by atoms with Crippen LogP contribution in [0.3, 0.4) is 0 Å². The van der Waals surface area contributed by atoms with Gasteiger partial charge in [-0.25, -0.2) is 8.42 Å². The number of carbonyl (C=O) groups is 1. The average molecular weight is 402 g/mol. The third kappa shape index (κ3) is 4.73. The predicted molar refractivity (Wildman–Crippen MR) is 98.2 cm³/mol. The summed E-state index contributed by atoms with van der Waals surface area (Å²) in [6.45, 7) is 4.40. The zero-order valence-electron chi connectivity index (χ0n) is 14.9. The topological polar surface area (TPSA) is 79.8 Å². The molecule has 0 spiro atoms. The maximum atomic E-state index is 12.7. The van der Waals surface area contributed by atoms with E-state index in [1.165, 1.54) is 12.3 Å². The molecule has 26 heavy (non-hydrogen) atoms. The minimum atomic E-state index is -3.44. The fourth-order valence-electron chi connectivity index (χ4n) is 3.51. The number of halogens is 1. The highest BCUT2D eigenvalue weighted by molar-refractivity contribution is 7.90. The van der Waals surface area contributed by atoms with Gasteiger partial charge in [-0.1, -0.05) is 11.6 Å². The molecule has 9 heteroatoms. The lowest BCUT2D eigenvalue weighted by atomic mass is 9.94. The van der Waals surface area contributed by atoms with Crippen molar-refractivity contribution in [3.8, 4) is 0 Å². The van der Waals surface area contributed by atoms with Crippen molar-refractivity contribution in [3.05, 3.63) is 23.0 Å². The first-order valence-electron chi connectivity index (χ1n) is 8.78. The van der Waals surface area contributed by atoms with E-state index in [9.17, 15) is 13.2 Å². The molecule has 1 aromatic heterocycles. The molecule has 2 fully saturated rings. The Bertz CT molecular complexity index is 765. The van der Waals surface area contributed by atoms with Crippen molar-refractivity contribution >= 4 is 27.3 Å². The Morgan fingerprint density at radius 3 is 2.77 bits per heavy atom. The molecule has 1 atom stereocenters. The smallest absolute Gasteiger partial charge is 0.236 e. The van der Waals surface area contributed by atoms with Gasteiger partial charge in [-0.05, 0) is 18.9 Å². The van der Waals surface area contributed by atoms with Gasteiger partial charge in [-0.2, -0.15) is 0 Å². The minimum Gasteiger partial charge on any atom is -0.379 e. The number of piperidine rings is 1. The highest BCUT2D eigenvalue weighted by atomic mass is 35.5. The number of hydrogen-bond acceptors (Lipinski definition) is 6. The molecule has 2 aliphatic rings. The van der Waals surface area contributed by atoms with Crippen LogP contribution in [0, 0.1) is 0 Å². The number of pyridine rings is 1. The van der Waals surface area contributed by atoms with E-state index in [0.29, 0.717) is 43.6 Å². The van der Waals surface area contributed by atoms with Gasteiger partial charge in [0, 0.05) is 44.5 Å². The number of ether oxygens (including phenoxy) is 1. The summed E-state index contributed by atoms with van der Waals surface area (Å²) in [4.78, 5) is 21.0. The molecule has 1 amide bonds. The summed E-state index contributed by atoms with van der Waals surface area (Å²) in [5.41, 5.74) is 0.515. The molecule has 1 aromatic rings. The highest BCUT2D eigenvalue weighted by Gasteiger charge is 2.30. The third-order valence-electron chi connectivity index (χ3n) is 4.87. The molecular weight excluding hydrogens is 378 g/mol. The van der Waals surface area contributed by atoms with Crippen molar-refractivity contribution in [1.29, 1.82) is 0 Å². The number of amides is 1. The molecule has 3 heterocycles. The molecule has 0 N–H and O–H groups in total. The van der Waals surface area contributed by atoms with E-state index in [4.69, 9.17) is 16.3 Å². The SMILES string of the molecule is CS(=O)(=O)c1cc(Cl)cnc1C1CCCN(C(=O)CN2CCOCC2)C1. The molecule has 0 aromatic carbocycles. The first-order valence-corrected chi connectivity index (χ1v) is 11.0. The van der Waals surface area contributed by atoms with Crippen LogP contribution < -0.4 is 0 Å². The summed E-state index contributed by atoms with van der Waals surface area (Å²) in [5, 5.41) is 0.297. The molecule has 0 aliphatic carbocycles. The second kappa shape index (κ2) is 8.21. The largest absolute Gasteiger partial charge is 0.379 e. The lowest BCUT2D eigenvalue weighted by Gasteiger charge is -2.35. The molecule has 7 nitrogen and oxygen atoms in total. The number of aromatic nitrogens is 1. The number of nitrogens with zero attached hydrogens (tertiary/aromatic N) is 3. The standard InChI is InChI=1S/C17H24ClN3O4S/c1-26(23,24)15-9-14(18)10-19-17(15)13-3-2-4-21(11-13)16(22)12-20-5-7-25-8-6-20/h9-10,13H,2-8,11-12H2,1H3. The molecule has 1 unspecified atom stereocenters. The van der Waals surface area contributed by atoms with E-state index >= 15 is 0 Å². The van der Waals surface area contributed by atoms with Crippen LogP contribution in [0.25, 0.3) is 0 Å². The van der Waals surface area contributed by atoms with Gasteiger partial charge in [0.1, 0.15) is 0 Å². The molecule has 0 bridgehead atoms. The fourth-order valence-corrected chi connectivity index (χ4v) is 4.68. The Morgan fingerprint density at radius 1 is 1.35 bits per heavy atom. The zero-order valence-corrected chi connectivity index (χ0v) is 16.4. The second-order valence-electron chi connectivity index (χ2n) is 6.88. The van der Waals surface area contributed by atoms with Gasteiger partial charge in [0.05, 0.1) is 35.4 Å². The van der Waals surface area contributed by atoms with Crippen LogP contribution in [-0.4, -0.2) is 81.3 Å². The summed E-state index contributed by atoms with van der Waals surface area (Å²) >= 11 is 5.94. The van der Waals surface area contributed by atoms with Crippen LogP contribution >= 0.6 is 11.6 Å². The van der Waals surface area contributed by atoms with Gasteiger partial charge in [0.15, 0.2) is 9.84 Å². The Hall–Kier alpha value is -1.22. The number of morpholine rings is 1. The summed E-state index contributed by atoms with van der Waals surface area (Å²) in [6, 6.07) is 1.45. The molecule has 0 saturated carbocycles. The van der Waals surface area contributed by atoms with Crippen LogP contribution in [-0.2, 0) is 19.4 Å². The summed E-state index contributed by atoms with van der Waals surface area (Å²) in [7, 11) is -3.44. The first kappa shape index (κ1) is 19.5. The van der Waals surface area contributed by atoms with E-state index in [-0.39, 0.29) is 16.7 Å². The van der Waals surface area contributed by atoms with Crippen LogP contribution in [0.2, 0.25) is 5.02 Å². The van der Waals surface area contributed by atoms with E-state index < -0.39 is 9.84 Å². The lowest BCUT2D eigenvalue weighted by molar-refractivity contribution is -0.134. The number of sulfone groups is 1. The fraction of sp³-hybridized carbons (Fsp3) is 0.647. The first-order chi connectivity index (χ1) is 12.3. The summed E-state index contributed by atoms with van der Waals surface area (Å²) < 4.78 is 29.6. The summed E-state index contributed by atoms with van der Waals surface area (Å²) in [5.74, 6) is -0.0224. The van der Waals surface area contributed by atoms with Gasteiger partial charge in [0.2, 0.25) is 5.91 Å². The molecule has 3 rings (SSSR count). The maximum absolute atomic E-state index is 12.7. The third-order valence-corrected chi connectivity index (χ3v) is 6.20. The van der Waals surface area contributed by atoms with E-state index in [2.05, 4.69) is 9.88 Å². The number of rotatable bonds is 4. The maximum Gasteiger partial charge on any atom is 0.236 e. The quantitative estimate of drug-likeness (QED) is 0.753. The molecule has 2 aliphatic heterocycles. The van der Waals surface area contributed by atoms with Gasteiger partial charge >= 0.3 is 0 Å². The van der Waals surface area contributed by atoms with Crippen LogP contribution in [0.1, 0.15) is 24.5 Å². The normalized spacial score (nSPS) is 22.4. The molecule has 144 valence electrons. The van der Waals surface area contributed by atoms with Crippen LogP contribution in [0.4, 0.5) is 0 Å². The van der Waals surface area contributed by atoms with E-state index in [0.717, 1.165) is 32.2 Å². The van der Waals surface area contributed by atoms with Crippen molar-refractivity contribution in [3.63, 3.8) is 0 Å². The van der Waals surface area contributed by atoms with Crippen molar-refractivity contribution in [1.82, 2.24) is 14.8 Å². The van der Waals surface area contributed by atoms with Gasteiger partial charge in [-0.3, -0.25) is 14.7 Å². The van der Waals surface area contributed by atoms with Gasteiger partial charge in [0.25, 0.3) is 0 Å². The lowest BCUT2D eigenvalue weighted by Crippen LogP contribution is -2.47. The highest BCUT2D eigenvalue weighted by Crippen LogP contribution is 2.31. The van der Waals surface area contributed by atoms with E-state index in [1.54, 1.807) is 0 Å². The monoisotopic (exact) mass is 401 g/mol. The summed E-state index contributed by atoms with van der Waals surface area (Å²) in [6.07, 6.45) is 4.26. The molecule has 2 saturated heterocycles. The average Bonchev–Trinajstić information content (AvgIpc) is 2.62. The van der Waals surface area contributed by atoms with Crippen molar-refractivity contribution in [2.24, 2.45) is 0 Å². The Morgan fingerprint density at radius 2 is 2.08 bits per heavy atom. The van der Waals surface area contributed by atoms with Crippen molar-refractivity contribution in [2.75, 3.05) is 52.2 Å². The van der Waals surface area contributed by atoms with Crippen molar-refractivity contribution < 1.29 is 17.9 Å². The van der Waals surface area contributed by atoms with Gasteiger partial charge in [-0.15, -0.1) is 0 Å². The van der Waals surface area contributed by atoms with Crippen LogP contribution in [0.5, 0.6) is 0 Å². The van der Waals surface area contributed by atoms with Gasteiger partial charge < -0.3 is 9.64 Å². The number of likely N-dealkylation sites (tertiary alicyclic amines) is 1. The van der Waals surface area contributed by atoms with Crippen molar-refractivity contribution in [2.45, 2.75) is 23.7 Å². The van der Waals surface area contributed by atoms with E-state index in [1.807, 2.05) is 4.90 Å². The number of hydrogen-bond donors (Lipinski definition) is 0. The Balaban J connectivity index is 1.73. The zero-order chi connectivity index (χ0) is 18.7. The number of carbonyl (C=O) groups excluding carboxylic acids is 1. The second-order valence-corrected chi connectivity index (χ2v) is 9.30. The predicted octanol–water partition coefficient (Wildman–Crippen LogP) is 1.18. The molecular formula is C17H24ClN3O4S. The molecule has 0 radical (unpaired) electrons. The Kier molecular flexibility index (Phi) is 6.17. The minimum absolute atomic E-state index is 0.0754. The van der Waals surface area contributed by atoms with Crippen LogP contribution in [0.15, 0.2) is 17.2 Å².